The van der Waals surface area contributed by atoms with Crippen molar-refractivity contribution in [3.05, 3.63) is 47.5 Å². The molecule has 0 unspecified atom stereocenters. The van der Waals surface area contributed by atoms with E-state index in [1.165, 1.54) is 0 Å². The summed E-state index contributed by atoms with van der Waals surface area (Å²) >= 11 is 0. The Morgan fingerprint density at radius 3 is 2.53 bits per heavy atom. The van der Waals surface area contributed by atoms with Crippen molar-refractivity contribution >= 4 is 0 Å². The number of benzene rings is 1. The van der Waals surface area contributed by atoms with Gasteiger partial charge in [-0.1, -0.05) is 42.0 Å². The molecule has 1 aromatic rings. The monoisotopic (exact) mass is 234 g/mol. The second-order valence-electron chi connectivity index (χ2n) is 4.34. The highest BCUT2D eigenvalue weighted by Gasteiger charge is 2.21. The zero-order chi connectivity index (χ0) is 12.1. The Bertz CT molecular complexity index is 364. The zero-order valence-corrected chi connectivity index (χ0v) is 10.0. The fraction of sp³-hybridized carbons (Fsp3) is 0.429. The van der Waals surface area contributed by atoms with E-state index in [1.54, 1.807) is 0 Å². The van der Waals surface area contributed by atoms with Gasteiger partial charge in [0.05, 0.1) is 19.8 Å². The number of aliphatic hydroxyl groups is 1. The topological polar surface area (TPSA) is 38.7 Å². The van der Waals surface area contributed by atoms with Crippen molar-refractivity contribution in [3.8, 4) is 0 Å². The van der Waals surface area contributed by atoms with E-state index in [0.717, 1.165) is 11.1 Å². The van der Waals surface area contributed by atoms with Crippen molar-refractivity contribution in [1.82, 2.24) is 0 Å². The van der Waals surface area contributed by atoms with Crippen LogP contribution in [0.25, 0.3) is 0 Å². The Kier molecular flexibility index (Phi) is 4.31. The highest BCUT2D eigenvalue weighted by atomic mass is 16.7. The molecule has 1 aromatic carbocycles. The molecule has 0 amide bonds. The first-order valence-electron chi connectivity index (χ1n) is 5.86. The summed E-state index contributed by atoms with van der Waals surface area (Å²) in [7, 11) is 0. The van der Waals surface area contributed by atoms with Crippen LogP contribution in [0.5, 0.6) is 0 Å². The minimum Gasteiger partial charge on any atom is -0.392 e. The largest absolute Gasteiger partial charge is 0.392 e. The van der Waals surface area contributed by atoms with E-state index in [2.05, 4.69) is 0 Å². The van der Waals surface area contributed by atoms with E-state index in [4.69, 9.17) is 14.6 Å². The summed E-state index contributed by atoms with van der Waals surface area (Å²) in [6.07, 6.45) is 1.76. The predicted molar refractivity (Wildman–Crippen MR) is 65.4 cm³/mol. The molecule has 17 heavy (non-hydrogen) atoms. The molecule has 0 bridgehead atoms. The Morgan fingerprint density at radius 2 is 1.94 bits per heavy atom. The van der Waals surface area contributed by atoms with Gasteiger partial charge in [-0.25, -0.2) is 0 Å². The van der Waals surface area contributed by atoms with Crippen LogP contribution < -0.4 is 0 Å². The molecule has 0 aliphatic carbocycles. The smallest absolute Gasteiger partial charge is 0.183 e. The summed E-state index contributed by atoms with van der Waals surface area (Å²) in [5.74, 6) is 0.238. The summed E-state index contributed by atoms with van der Waals surface area (Å²) < 4.78 is 11.3. The van der Waals surface area contributed by atoms with Crippen LogP contribution in [-0.2, 0) is 9.47 Å². The van der Waals surface area contributed by atoms with E-state index in [1.807, 2.05) is 43.3 Å². The van der Waals surface area contributed by atoms with Gasteiger partial charge in [0.2, 0.25) is 0 Å². The second-order valence-corrected chi connectivity index (χ2v) is 4.34. The van der Waals surface area contributed by atoms with Crippen molar-refractivity contribution in [2.45, 2.75) is 13.2 Å². The van der Waals surface area contributed by atoms with Crippen LogP contribution in [0, 0.1) is 5.92 Å². The van der Waals surface area contributed by atoms with Crippen LogP contribution in [0.15, 0.2) is 42.0 Å². The molecule has 3 nitrogen and oxygen atoms in total. The molecular weight excluding hydrogens is 216 g/mol. The van der Waals surface area contributed by atoms with E-state index in [0.29, 0.717) is 13.2 Å². The third-order valence-electron chi connectivity index (χ3n) is 2.76. The lowest BCUT2D eigenvalue weighted by atomic mass is 10.1. The SMILES string of the molecule is C/C(=C/C1COC(c2ccccc2)OC1)CO. The van der Waals surface area contributed by atoms with Crippen LogP contribution >= 0.6 is 0 Å². The van der Waals surface area contributed by atoms with Gasteiger partial charge in [-0.15, -0.1) is 0 Å². The van der Waals surface area contributed by atoms with Crippen LogP contribution in [0.2, 0.25) is 0 Å². The molecule has 0 atom stereocenters. The first-order chi connectivity index (χ1) is 8.29. The van der Waals surface area contributed by atoms with Crippen LogP contribution in [-0.4, -0.2) is 24.9 Å². The Hall–Kier alpha value is -1.16. The minimum absolute atomic E-state index is 0.0958. The van der Waals surface area contributed by atoms with E-state index < -0.39 is 0 Å². The summed E-state index contributed by atoms with van der Waals surface area (Å²) in [6, 6.07) is 9.93. The number of rotatable bonds is 3. The van der Waals surface area contributed by atoms with E-state index >= 15 is 0 Å². The van der Waals surface area contributed by atoms with Gasteiger partial charge < -0.3 is 14.6 Å². The van der Waals surface area contributed by atoms with Crippen LogP contribution in [0.1, 0.15) is 18.8 Å². The number of hydrogen-bond acceptors (Lipinski definition) is 3. The lowest BCUT2D eigenvalue weighted by Crippen LogP contribution is -2.26. The zero-order valence-electron chi connectivity index (χ0n) is 10.0. The Balaban J connectivity index is 1.90. The van der Waals surface area contributed by atoms with Crippen molar-refractivity contribution in [2.24, 2.45) is 5.92 Å². The summed E-state index contributed by atoms with van der Waals surface area (Å²) in [4.78, 5) is 0. The van der Waals surface area contributed by atoms with Gasteiger partial charge >= 0.3 is 0 Å². The molecule has 1 fully saturated rings. The van der Waals surface area contributed by atoms with Gasteiger partial charge in [-0.05, 0) is 6.92 Å². The molecule has 92 valence electrons. The molecule has 3 heteroatoms. The van der Waals surface area contributed by atoms with Crippen molar-refractivity contribution in [2.75, 3.05) is 19.8 Å². The lowest BCUT2D eigenvalue weighted by Gasteiger charge is -2.28. The highest BCUT2D eigenvalue weighted by molar-refractivity contribution is 5.16. The molecule has 0 spiro atoms. The number of ether oxygens (including phenoxy) is 2. The van der Waals surface area contributed by atoms with Gasteiger partial charge in [0.1, 0.15) is 0 Å². The average Bonchev–Trinajstić information content (AvgIpc) is 2.40. The third kappa shape index (κ3) is 3.40. The first-order valence-corrected chi connectivity index (χ1v) is 5.86. The fourth-order valence-electron chi connectivity index (χ4n) is 1.87. The van der Waals surface area contributed by atoms with Crippen molar-refractivity contribution < 1.29 is 14.6 Å². The maximum Gasteiger partial charge on any atom is 0.183 e. The van der Waals surface area contributed by atoms with E-state index in [9.17, 15) is 0 Å². The molecule has 1 saturated heterocycles. The Labute approximate surface area is 102 Å². The minimum atomic E-state index is -0.254. The average molecular weight is 234 g/mol. The van der Waals surface area contributed by atoms with Gasteiger partial charge in [-0.3, -0.25) is 0 Å². The molecular formula is C14H18O3. The lowest BCUT2D eigenvalue weighted by molar-refractivity contribution is -0.197. The molecule has 0 saturated carbocycles. The van der Waals surface area contributed by atoms with Gasteiger partial charge in [0.15, 0.2) is 6.29 Å². The first kappa shape index (κ1) is 12.3. The molecule has 2 rings (SSSR count). The molecule has 1 N–H and O–H groups in total. The van der Waals surface area contributed by atoms with E-state index in [-0.39, 0.29) is 18.8 Å². The summed E-state index contributed by atoms with van der Waals surface area (Å²) in [5.41, 5.74) is 2.01. The number of hydrogen-bond donors (Lipinski definition) is 1. The van der Waals surface area contributed by atoms with Gasteiger partial charge in [-0.2, -0.15) is 0 Å². The fourth-order valence-corrected chi connectivity index (χ4v) is 1.87. The standard InChI is InChI=1S/C14H18O3/c1-11(8-15)7-12-9-16-14(17-10-12)13-5-3-2-4-6-13/h2-7,12,14-15H,8-10H2,1H3/b11-7-. The van der Waals surface area contributed by atoms with Crippen LogP contribution in [0.3, 0.4) is 0 Å². The normalized spacial score (nSPS) is 25.9. The number of aliphatic hydroxyl groups excluding tert-OH is 1. The van der Waals surface area contributed by atoms with Gasteiger partial charge in [0, 0.05) is 11.5 Å². The molecule has 0 radical (unpaired) electrons. The molecule has 0 aromatic heterocycles. The third-order valence-corrected chi connectivity index (χ3v) is 2.76. The molecule has 1 aliphatic heterocycles. The Morgan fingerprint density at radius 1 is 1.29 bits per heavy atom. The van der Waals surface area contributed by atoms with Crippen LogP contribution in [0.4, 0.5) is 0 Å². The second kappa shape index (κ2) is 5.96. The predicted octanol–water partition coefficient (Wildman–Crippen LogP) is 2.29. The maximum absolute atomic E-state index is 8.95. The summed E-state index contributed by atoms with van der Waals surface area (Å²) in [6.45, 7) is 3.27. The summed E-state index contributed by atoms with van der Waals surface area (Å²) in [5, 5.41) is 8.95. The van der Waals surface area contributed by atoms with Gasteiger partial charge in [0.25, 0.3) is 0 Å². The maximum atomic E-state index is 8.95. The molecule has 1 aliphatic rings. The van der Waals surface area contributed by atoms with Crippen molar-refractivity contribution in [3.63, 3.8) is 0 Å². The molecule has 1 heterocycles. The quantitative estimate of drug-likeness (QED) is 0.815. The highest BCUT2D eigenvalue weighted by Crippen LogP contribution is 2.25. The van der Waals surface area contributed by atoms with Crippen molar-refractivity contribution in [1.29, 1.82) is 0 Å².